The van der Waals surface area contributed by atoms with Crippen molar-refractivity contribution in [2.45, 2.75) is 98.2 Å². The number of nitrogens with one attached hydrogen (secondary N) is 1. The van der Waals surface area contributed by atoms with Crippen molar-refractivity contribution in [3.63, 3.8) is 0 Å². The Morgan fingerprint density at radius 3 is 1.82 bits per heavy atom. The van der Waals surface area contributed by atoms with Crippen molar-refractivity contribution in [1.82, 2.24) is 5.32 Å². The van der Waals surface area contributed by atoms with Crippen LogP contribution in [0.4, 0.5) is 14.4 Å². The van der Waals surface area contributed by atoms with Crippen molar-refractivity contribution in [2.24, 2.45) is 0 Å². The average molecular weight is 542 g/mol. The van der Waals surface area contributed by atoms with Crippen LogP contribution < -0.4 is 14.8 Å². The van der Waals surface area contributed by atoms with E-state index in [1.54, 1.807) is 62.3 Å². The zero-order valence-corrected chi connectivity index (χ0v) is 23.4. The first kappa shape index (κ1) is 32.5. The molecule has 2 N–H and O–H groups in total. The van der Waals surface area contributed by atoms with Crippen molar-refractivity contribution in [3.05, 3.63) is 23.8 Å². The van der Waals surface area contributed by atoms with Crippen molar-refractivity contribution in [1.29, 1.82) is 0 Å². The van der Waals surface area contributed by atoms with Gasteiger partial charge in [-0.2, -0.15) is 0 Å². The Balaban J connectivity index is 3.06. The highest BCUT2D eigenvalue weighted by molar-refractivity contribution is 5.74. The molecule has 0 spiro atoms. The second-order valence-corrected chi connectivity index (χ2v) is 10.8. The van der Waals surface area contributed by atoms with Gasteiger partial charge in [-0.1, -0.05) is 6.07 Å². The summed E-state index contributed by atoms with van der Waals surface area (Å²) >= 11 is 0. The van der Waals surface area contributed by atoms with E-state index in [9.17, 15) is 24.3 Å². The first-order valence-electron chi connectivity index (χ1n) is 12.1. The van der Waals surface area contributed by atoms with E-state index < -0.39 is 47.8 Å². The molecule has 38 heavy (non-hydrogen) atoms. The molecule has 12 heteroatoms. The van der Waals surface area contributed by atoms with Crippen molar-refractivity contribution >= 4 is 24.4 Å². The molecule has 1 aromatic carbocycles. The summed E-state index contributed by atoms with van der Waals surface area (Å²) in [5.41, 5.74) is -1.23. The predicted octanol–water partition coefficient (Wildman–Crippen LogP) is 4.85. The SMILES string of the molecule is CC(C)OC(=O)OC(C)CN[C@@H](Cc1ccc(OC(=O)OC(C)(C)C)c(OC(=O)OC(C)(C)C)c1)C(=O)O. The number of rotatable bonds is 10. The summed E-state index contributed by atoms with van der Waals surface area (Å²) in [6.45, 7) is 14.9. The number of carboxylic acids is 1. The summed E-state index contributed by atoms with van der Waals surface area (Å²) in [7, 11) is 0. The van der Waals surface area contributed by atoms with E-state index in [1.165, 1.54) is 18.2 Å². The topological polar surface area (TPSA) is 156 Å². The second-order valence-electron chi connectivity index (χ2n) is 10.8. The summed E-state index contributed by atoms with van der Waals surface area (Å²) in [4.78, 5) is 48.0. The number of benzene rings is 1. The predicted molar refractivity (Wildman–Crippen MR) is 135 cm³/mol. The summed E-state index contributed by atoms with van der Waals surface area (Å²) in [5.74, 6) is -1.45. The number of ether oxygens (including phenoxy) is 6. The molecule has 0 aliphatic carbocycles. The van der Waals surface area contributed by atoms with Crippen LogP contribution in [0.15, 0.2) is 18.2 Å². The van der Waals surface area contributed by atoms with E-state index in [4.69, 9.17) is 28.4 Å². The van der Waals surface area contributed by atoms with Gasteiger partial charge in [0.25, 0.3) is 0 Å². The molecule has 0 saturated carbocycles. The first-order chi connectivity index (χ1) is 17.3. The minimum atomic E-state index is -1.16. The summed E-state index contributed by atoms with van der Waals surface area (Å²) in [6, 6.07) is 3.14. The lowest BCUT2D eigenvalue weighted by Gasteiger charge is -2.21. The van der Waals surface area contributed by atoms with E-state index in [0.717, 1.165) is 0 Å². The molecule has 1 unspecified atom stereocenters. The van der Waals surface area contributed by atoms with Gasteiger partial charge in [0, 0.05) is 6.54 Å². The molecule has 0 aliphatic heterocycles. The third-order valence-electron chi connectivity index (χ3n) is 4.19. The second kappa shape index (κ2) is 13.8. The minimum Gasteiger partial charge on any atom is -0.480 e. The maximum atomic E-state index is 12.3. The van der Waals surface area contributed by atoms with Gasteiger partial charge in [-0.3, -0.25) is 4.79 Å². The fraction of sp³-hybridized carbons (Fsp3) is 0.615. The number of aliphatic carboxylic acids is 1. The Morgan fingerprint density at radius 2 is 1.34 bits per heavy atom. The molecule has 0 saturated heterocycles. The van der Waals surface area contributed by atoms with E-state index >= 15 is 0 Å². The van der Waals surface area contributed by atoms with Crippen molar-refractivity contribution in [2.75, 3.05) is 6.54 Å². The molecular weight excluding hydrogens is 502 g/mol. The van der Waals surface area contributed by atoms with Crippen molar-refractivity contribution in [3.8, 4) is 11.5 Å². The lowest BCUT2D eigenvalue weighted by Crippen LogP contribution is -2.42. The lowest BCUT2D eigenvalue weighted by atomic mass is 10.0. The monoisotopic (exact) mass is 541 g/mol. The zero-order chi connectivity index (χ0) is 29.3. The number of hydrogen-bond acceptors (Lipinski definition) is 11. The maximum absolute atomic E-state index is 12.3. The Morgan fingerprint density at radius 1 is 0.816 bits per heavy atom. The van der Waals surface area contributed by atoms with Gasteiger partial charge in [0.1, 0.15) is 23.3 Å². The largest absolute Gasteiger partial charge is 0.514 e. The van der Waals surface area contributed by atoms with E-state index in [2.05, 4.69) is 5.32 Å². The summed E-state index contributed by atoms with van der Waals surface area (Å²) in [5, 5.41) is 12.5. The van der Waals surface area contributed by atoms with Gasteiger partial charge >= 0.3 is 24.4 Å². The van der Waals surface area contributed by atoms with Gasteiger partial charge < -0.3 is 38.8 Å². The molecule has 2 atom stereocenters. The molecule has 12 nitrogen and oxygen atoms in total. The van der Waals surface area contributed by atoms with Crippen LogP contribution in [0.5, 0.6) is 11.5 Å². The van der Waals surface area contributed by atoms with Gasteiger partial charge in [0.15, 0.2) is 11.5 Å². The Hall–Kier alpha value is -3.54. The summed E-state index contributed by atoms with van der Waals surface area (Å²) in [6.07, 6.45) is -3.99. The molecule has 0 heterocycles. The van der Waals surface area contributed by atoms with Gasteiger partial charge in [-0.15, -0.1) is 0 Å². The van der Waals surface area contributed by atoms with Crippen LogP contribution in [0.2, 0.25) is 0 Å². The van der Waals surface area contributed by atoms with Crippen molar-refractivity contribution < 1.29 is 52.7 Å². The highest BCUT2D eigenvalue weighted by Crippen LogP contribution is 2.31. The zero-order valence-electron chi connectivity index (χ0n) is 23.4. The number of carboxylic acid groups (broad SMARTS) is 1. The molecule has 1 rings (SSSR count). The highest BCUT2D eigenvalue weighted by Gasteiger charge is 2.25. The van der Waals surface area contributed by atoms with E-state index in [0.29, 0.717) is 5.56 Å². The van der Waals surface area contributed by atoms with Crippen LogP contribution >= 0.6 is 0 Å². The molecule has 214 valence electrons. The van der Waals surface area contributed by atoms with Crippen LogP contribution in [0, 0.1) is 0 Å². The third-order valence-corrected chi connectivity index (χ3v) is 4.19. The standard InChI is InChI=1S/C26H39NO11/c1-15(2)33-22(30)34-16(3)14-27-18(21(28)29)12-17-10-11-19(35-23(31)37-25(4,5)6)20(13-17)36-24(32)38-26(7,8)9/h10-11,13,15-16,18,27H,12,14H2,1-9H3,(H,28,29)/t16?,18-/m0/s1. The Kier molecular flexibility index (Phi) is 11.8. The molecular formula is C26H39NO11. The number of hydrogen-bond donors (Lipinski definition) is 2. The molecule has 0 bridgehead atoms. The first-order valence-corrected chi connectivity index (χ1v) is 12.1. The van der Waals surface area contributed by atoms with E-state index in [-0.39, 0.29) is 30.6 Å². The lowest BCUT2D eigenvalue weighted by molar-refractivity contribution is -0.139. The quantitative estimate of drug-likeness (QED) is 0.236. The van der Waals surface area contributed by atoms with Crippen LogP contribution in [0.3, 0.4) is 0 Å². The van der Waals surface area contributed by atoms with E-state index in [1.807, 2.05) is 0 Å². The molecule has 1 aromatic rings. The fourth-order valence-electron chi connectivity index (χ4n) is 2.78. The molecule has 0 aromatic heterocycles. The molecule has 0 fully saturated rings. The Bertz CT molecular complexity index is 976. The smallest absolute Gasteiger partial charge is 0.480 e. The van der Waals surface area contributed by atoms with Crippen LogP contribution in [-0.4, -0.2) is 65.5 Å². The Labute approximate surface area is 222 Å². The van der Waals surface area contributed by atoms with Gasteiger partial charge in [-0.05, 0) is 86.4 Å². The molecule has 0 amide bonds. The summed E-state index contributed by atoms with van der Waals surface area (Å²) < 4.78 is 30.8. The average Bonchev–Trinajstić information content (AvgIpc) is 2.69. The van der Waals surface area contributed by atoms with Gasteiger partial charge in [-0.25, -0.2) is 14.4 Å². The highest BCUT2D eigenvalue weighted by atomic mass is 16.8. The number of carbonyl (C=O) groups excluding carboxylic acids is 3. The third kappa shape index (κ3) is 13.7. The molecule has 0 radical (unpaired) electrons. The number of carbonyl (C=O) groups is 4. The fourth-order valence-corrected chi connectivity index (χ4v) is 2.78. The molecule has 0 aliphatic rings. The minimum absolute atomic E-state index is 0.0330. The van der Waals surface area contributed by atoms with Crippen LogP contribution in [0.1, 0.15) is 67.9 Å². The maximum Gasteiger partial charge on any atom is 0.514 e. The van der Waals surface area contributed by atoms with Crippen LogP contribution in [-0.2, 0) is 30.2 Å². The van der Waals surface area contributed by atoms with Crippen LogP contribution in [0.25, 0.3) is 0 Å². The van der Waals surface area contributed by atoms with Gasteiger partial charge in [0.2, 0.25) is 0 Å². The normalized spacial score (nSPS) is 13.2. The van der Waals surface area contributed by atoms with Gasteiger partial charge in [0.05, 0.1) is 6.10 Å².